The predicted molar refractivity (Wildman–Crippen MR) is 89.3 cm³/mol. The van der Waals surface area contributed by atoms with Crippen LogP contribution in [0.1, 0.15) is 27.6 Å². The summed E-state index contributed by atoms with van der Waals surface area (Å²) >= 11 is 15.9. The minimum absolute atomic E-state index is 0.0569. The van der Waals surface area contributed by atoms with Crippen molar-refractivity contribution in [1.29, 1.82) is 0 Å². The first-order chi connectivity index (χ1) is 9.88. The number of hydrogen-bond donors (Lipinski definition) is 0. The summed E-state index contributed by atoms with van der Waals surface area (Å²) in [5, 5.41) is -0.628. The van der Waals surface area contributed by atoms with Crippen molar-refractivity contribution in [2.45, 2.75) is 19.2 Å². The zero-order valence-corrected chi connectivity index (χ0v) is 14.9. The van der Waals surface area contributed by atoms with E-state index >= 15 is 0 Å². The van der Waals surface area contributed by atoms with Crippen LogP contribution in [-0.4, -0.2) is 7.11 Å². The zero-order valence-electron chi connectivity index (χ0n) is 11.8. The average molecular weight is 392 g/mol. The van der Waals surface area contributed by atoms with Crippen molar-refractivity contribution in [3.63, 3.8) is 0 Å². The highest BCUT2D eigenvalue weighted by atomic mass is 79.9. The molecule has 21 heavy (non-hydrogen) atoms. The molecule has 2 rings (SSSR count). The zero-order chi connectivity index (χ0) is 15.7. The number of halogens is 4. The number of aryl methyl sites for hydroxylation is 1. The lowest BCUT2D eigenvalue weighted by atomic mass is 9.96. The summed E-state index contributed by atoms with van der Waals surface area (Å²) < 4.78 is 20.6. The van der Waals surface area contributed by atoms with Crippen LogP contribution in [0.4, 0.5) is 4.39 Å². The molecular weight excluding hydrogens is 378 g/mol. The van der Waals surface area contributed by atoms with Gasteiger partial charge in [-0.2, -0.15) is 0 Å². The quantitative estimate of drug-likeness (QED) is 0.566. The van der Waals surface area contributed by atoms with Crippen LogP contribution in [-0.2, 0) is 0 Å². The highest BCUT2D eigenvalue weighted by molar-refractivity contribution is 9.10. The van der Waals surface area contributed by atoms with E-state index in [0.717, 1.165) is 21.2 Å². The van der Waals surface area contributed by atoms with E-state index in [2.05, 4.69) is 15.9 Å². The van der Waals surface area contributed by atoms with Gasteiger partial charge in [0, 0.05) is 15.6 Å². The molecule has 0 aromatic heterocycles. The van der Waals surface area contributed by atoms with Gasteiger partial charge in [0.15, 0.2) is 0 Å². The van der Waals surface area contributed by atoms with Crippen molar-refractivity contribution >= 4 is 39.1 Å². The minimum Gasteiger partial charge on any atom is -0.496 e. The first-order valence-corrected chi connectivity index (χ1v) is 7.90. The summed E-state index contributed by atoms with van der Waals surface area (Å²) in [6.45, 7) is 3.84. The van der Waals surface area contributed by atoms with Crippen LogP contribution in [0.5, 0.6) is 5.75 Å². The summed E-state index contributed by atoms with van der Waals surface area (Å²) in [6, 6.07) is 6.77. The van der Waals surface area contributed by atoms with Crippen LogP contribution in [0, 0.1) is 19.7 Å². The lowest BCUT2D eigenvalue weighted by Crippen LogP contribution is -2.05. The lowest BCUT2D eigenvalue weighted by molar-refractivity contribution is 0.406. The molecule has 0 saturated heterocycles. The molecule has 1 nitrogen and oxygen atoms in total. The van der Waals surface area contributed by atoms with E-state index in [1.165, 1.54) is 6.07 Å². The van der Waals surface area contributed by atoms with Gasteiger partial charge in [-0.1, -0.05) is 39.7 Å². The van der Waals surface area contributed by atoms with Gasteiger partial charge >= 0.3 is 0 Å². The lowest BCUT2D eigenvalue weighted by Gasteiger charge is -2.20. The normalized spacial score (nSPS) is 12.3. The number of benzene rings is 2. The SMILES string of the molecule is COc1c(C)cc(Br)c(C)c1C(Cl)c1cccc(Cl)c1F. The van der Waals surface area contributed by atoms with E-state index < -0.39 is 11.2 Å². The maximum Gasteiger partial charge on any atom is 0.146 e. The van der Waals surface area contributed by atoms with Gasteiger partial charge in [-0.3, -0.25) is 0 Å². The summed E-state index contributed by atoms with van der Waals surface area (Å²) in [6.07, 6.45) is 0. The van der Waals surface area contributed by atoms with Crippen LogP contribution in [0.25, 0.3) is 0 Å². The average Bonchev–Trinajstić information content (AvgIpc) is 2.44. The molecule has 5 heteroatoms. The van der Waals surface area contributed by atoms with Gasteiger partial charge in [-0.15, -0.1) is 11.6 Å². The molecule has 0 amide bonds. The van der Waals surface area contributed by atoms with Crippen molar-refractivity contribution in [3.8, 4) is 5.75 Å². The second-order valence-electron chi connectivity index (χ2n) is 4.75. The molecule has 0 aliphatic rings. The fraction of sp³-hybridized carbons (Fsp3) is 0.250. The van der Waals surface area contributed by atoms with E-state index in [0.29, 0.717) is 11.3 Å². The summed E-state index contributed by atoms with van der Waals surface area (Å²) in [4.78, 5) is 0. The Morgan fingerprint density at radius 1 is 1.29 bits per heavy atom. The number of methoxy groups -OCH3 is 1. The third-order valence-corrected chi connectivity index (χ3v) is 4.99. The van der Waals surface area contributed by atoms with Gasteiger partial charge in [0.05, 0.1) is 17.5 Å². The van der Waals surface area contributed by atoms with Gasteiger partial charge in [0.2, 0.25) is 0 Å². The number of alkyl halides is 1. The maximum atomic E-state index is 14.2. The molecule has 0 spiro atoms. The van der Waals surface area contributed by atoms with E-state index in [9.17, 15) is 4.39 Å². The fourth-order valence-electron chi connectivity index (χ4n) is 2.32. The van der Waals surface area contributed by atoms with E-state index in [-0.39, 0.29) is 5.02 Å². The Labute approximate surface area is 142 Å². The molecule has 0 saturated carbocycles. The van der Waals surface area contributed by atoms with Gasteiger partial charge < -0.3 is 4.74 Å². The van der Waals surface area contributed by atoms with Crippen LogP contribution < -0.4 is 4.74 Å². The minimum atomic E-state index is -0.685. The Bertz CT molecular complexity index is 688. The third-order valence-electron chi connectivity index (χ3n) is 3.42. The van der Waals surface area contributed by atoms with Gasteiger partial charge in [0.1, 0.15) is 11.6 Å². The Morgan fingerprint density at radius 2 is 1.95 bits per heavy atom. The van der Waals surface area contributed by atoms with Crippen LogP contribution >= 0.6 is 39.1 Å². The Hall–Kier alpha value is -0.770. The van der Waals surface area contributed by atoms with Crippen LogP contribution in [0.3, 0.4) is 0 Å². The van der Waals surface area contributed by atoms with Crippen LogP contribution in [0.2, 0.25) is 5.02 Å². The van der Waals surface area contributed by atoms with Crippen molar-refractivity contribution in [3.05, 3.63) is 61.8 Å². The predicted octanol–water partition coefficient (Wildman–Crippen LogP) is 6.20. The largest absolute Gasteiger partial charge is 0.496 e. The van der Waals surface area contributed by atoms with Gasteiger partial charge in [-0.05, 0) is 37.1 Å². The first-order valence-electron chi connectivity index (χ1n) is 6.30. The third kappa shape index (κ3) is 3.05. The molecule has 112 valence electrons. The second-order valence-corrected chi connectivity index (χ2v) is 6.45. The monoisotopic (exact) mass is 390 g/mol. The fourth-order valence-corrected chi connectivity index (χ4v) is 3.49. The van der Waals surface area contributed by atoms with E-state index in [1.54, 1.807) is 19.2 Å². The molecule has 0 radical (unpaired) electrons. The number of ether oxygens (including phenoxy) is 1. The van der Waals surface area contributed by atoms with E-state index in [1.807, 2.05) is 19.9 Å². The Balaban J connectivity index is 2.68. The summed E-state index contributed by atoms with van der Waals surface area (Å²) in [5.74, 6) is 0.160. The first kappa shape index (κ1) is 16.6. The summed E-state index contributed by atoms with van der Waals surface area (Å²) in [5.41, 5.74) is 2.92. The highest BCUT2D eigenvalue weighted by Gasteiger charge is 2.24. The van der Waals surface area contributed by atoms with Crippen molar-refractivity contribution in [1.82, 2.24) is 0 Å². The topological polar surface area (TPSA) is 9.23 Å². The molecule has 0 fully saturated rings. The van der Waals surface area contributed by atoms with Crippen molar-refractivity contribution in [2.24, 2.45) is 0 Å². The molecule has 2 aromatic carbocycles. The smallest absolute Gasteiger partial charge is 0.146 e. The molecule has 0 bridgehead atoms. The molecule has 0 N–H and O–H groups in total. The Kier molecular flexibility index (Phi) is 5.18. The molecule has 0 heterocycles. The molecule has 0 aliphatic heterocycles. The van der Waals surface area contributed by atoms with Crippen LogP contribution in [0.15, 0.2) is 28.7 Å². The Morgan fingerprint density at radius 3 is 2.57 bits per heavy atom. The highest BCUT2D eigenvalue weighted by Crippen LogP contribution is 2.43. The summed E-state index contributed by atoms with van der Waals surface area (Å²) in [7, 11) is 1.58. The van der Waals surface area contributed by atoms with Crippen molar-refractivity contribution < 1.29 is 9.13 Å². The molecule has 0 aliphatic carbocycles. The van der Waals surface area contributed by atoms with Gasteiger partial charge in [0.25, 0.3) is 0 Å². The van der Waals surface area contributed by atoms with Gasteiger partial charge in [-0.25, -0.2) is 4.39 Å². The van der Waals surface area contributed by atoms with Crippen molar-refractivity contribution in [2.75, 3.05) is 7.11 Å². The molecule has 1 unspecified atom stereocenters. The van der Waals surface area contributed by atoms with E-state index in [4.69, 9.17) is 27.9 Å². The maximum absolute atomic E-state index is 14.2. The molecule has 1 atom stereocenters. The molecule has 2 aromatic rings. The second kappa shape index (κ2) is 6.55. The standard InChI is InChI=1S/C16H14BrCl2FO/c1-8-7-11(17)9(2)13(16(8)21-3)14(19)10-5-4-6-12(18)15(10)20/h4-7,14H,1-3H3. The molecular formula is C16H14BrCl2FO. The number of hydrogen-bond acceptors (Lipinski definition) is 1. The number of rotatable bonds is 3.